The number of aromatic amines is 1. The SMILES string of the molecule is O=C(Nc1ccccc1I)N[C@H](Cc1cnc[nH]1)C(=O)O. The van der Waals surface area contributed by atoms with Crippen molar-refractivity contribution in [3.05, 3.63) is 46.1 Å². The summed E-state index contributed by atoms with van der Waals surface area (Å²) in [5, 5.41) is 14.2. The average molecular weight is 400 g/mol. The van der Waals surface area contributed by atoms with Crippen LogP contribution in [0.4, 0.5) is 10.5 Å². The number of aromatic nitrogens is 2. The van der Waals surface area contributed by atoms with Crippen molar-refractivity contribution in [2.24, 2.45) is 0 Å². The monoisotopic (exact) mass is 400 g/mol. The molecule has 110 valence electrons. The van der Waals surface area contributed by atoms with E-state index in [0.29, 0.717) is 11.4 Å². The fourth-order valence-electron chi connectivity index (χ4n) is 1.70. The van der Waals surface area contributed by atoms with Crippen LogP contribution in [0.25, 0.3) is 0 Å². The minimum atomic E-state index is -1.11. The van der Waals surface area contributed by atoms with E-state index in [2.05, 4.69) is 43.2 Å². The molecule has 0 aliphatic rings. The van der Waals surface area contributed by atoms with Gasteiger partial charge >= 0.3 is 12.0 Å². The summed E-state index contributed by atoms with van der Waals surface area (Å²) in [7, 11) is 0. The minimum Gasteiger partial charge on any atom is -0.480 e. The van der Waals surface area contributed by atoms with Crippen molar-refractivity contribution in [1.29, 1.82) is 0 Å². The van der Waals surface area contributed by atoms with Crippen molar-refractivity contribution >= 4 is 40.3 Å². The van der Waals surface area contributed by atoms with Crippen LogP contribution in [0.1, 0.15) is 5.69 Å². The van der Waals surface area contributed by atoms with Gasteiger partial charge in [-0.05, 0) is 34.7 Å². The molecule has 0 aliphatic carbocycles. The molecule has 2 aromatic rings. The van der Waals surface area contributed by atoms with E-state index in [1.807, 2.05) is 12.1 Å². The number of benzene rings is 1. The van der Waals surface area contributed by atoms with Crippen molar-refractivity contribution in [3.8, 4) is 0 Å². The molecule has 0 bridgehead atoms. The van der Waals surface area contributed by atoms with Crippen LogP contribution in [0.15, 0.2) is 36.8 Å². The first-order chi connectivity index (χ1) is 10.1. The first kappa shape index (κ1) is 15.3. The number of hydrogen-bond acceptors (Lipinski definition) is 3. The Bertz CT molecular complexity index is 630. The largest absolute Gasteiger partial charge is 0.480 e. The number of imidazole rings is 1. The summed E-state index contributed by atoms with van der Waals surface area (Å²) >= 11 is 2.09. The molecule has 0 saturated carbocycles. The van der Waals surface area contributed by atoms with Crippen LogP contribution in [0, 0.1) is 3.57 Å². The summed E-state index contributed by atoms with van der Waals surface area (Å²) < 4.78 is 0.866. The number of carboxylic acids is 1. The number of halogens is 1. The third-order valence-corrected chi connectivity index (χ3v) is 3.65. The normalized spacial score (nSPS) is 11.7. The third kappa shape index (κ3) is 4.45. The second-order valence-electron chi connectivity index (χ2n) is 4.25. The van der Waals surface area contributed by atoms with Crippen LogP contribution in [0.5, 0.6) is 0 Å². The molecule has 1 heterocycles. The molecule has 2 rings (SSSR count). The Hall–Kier alpha value is -2.10. The highest BCUT2D eigenvalue weighted by atomic mass is 127. The van der Waals surface area contributed by atoms with Crippen molar-refractivity contribution < 1.29 is 14.7 Å². The number of nitrogens with zero attached hydrogens (tertiary/aromatic N) is 1. The van der Waals surface area contributed by atoms with Gasteiger partial charge in [0.25, 0.3) is 0 Å². The second-order valence-corrected chi connectivity index (χ2v) is 5.41. The van der Waals surface area contributed by atoms with Gasteiger partial charge in [0, 0.05) is 21.9 Å². The maximum Gasteiger partial charge on any atom is 0.326 e. The Morgan fingerprint density at radius 1 is 1.38 bits per heavy atom. The molecule has 0 aliphatic heterocycles. The highest BCUT2D eigenvalue weighted by molar-refractivity contribution is 14.1. The molecule has 0 saturated heterocycles. The maximum absolute atomic E-state index is 11.9. The smallest absolute Gasteiger partial charge is 0.326 e. The zero-order chi connectivity index (χ0) is 15.2. The lowest BCUT2D eigenvalue weighted by Gasteiger charge is -2.15. The van der Waals surface area contributed by atoms with Crippen molar-refractivity contribution in [3.63, 3.8) is 0 Å². The molecule has 7 nitrogen and oxygen atoms in total. The molecule has 0 unspecified atom stereocenters. The van der Waals surface area contributed by atoms with Gasteiger partial charge in [0.2, 0.25) is 0 Å². The maximum atomic E-state index is 11.9. The van der Waals surface area contributed by atoms with E-state index in [4.69, 9.17) is 5.11 Å². The van der Waals surface area contributed by atoms with Crippen molar-refractivity contribution in [1.82, 2.24) is 15.3 Å². The Morgan fingerprint density at radius 3 is 2.76 bits per heavy atom. The number of amides is 2. The standard InChI is InChI=1S/C13H13IN4O3/c14-9-3-1-2-4-10(9)17-13(21)18-11(12(19)20)5-8-6-15-7-16-8/h1-4,6-7,11H,5H2,(H,15,16)(H,19,20)(H2,17,18,21)/t11-/m1/s1. The summed E-state index contributed by atoms with van der Waals surface area (Å²) in [6.07, 6.45) is 3.12. The lowest BCUT2D eigenvalue weighted by molar-refractivity contribution is -0.139. The number of carboxylic acid groups (broad SMARTS) is 1. The van der Waals surface area contributed by atoms with Crippen LogP contribution in [-0.2, 0) is 11.2 Å². The van der Waals surface area contributed by atoms with Gasteiger partial charge in [-0.25, -0.2) is 14.6 Å². The lowest BCUT2D eigenvalue weighted by Crippen LogP contribution is -2.44. The van der Waals surface area contributed by atoms with E-state index in [1.54, 1.807) is 12.1 Å². The van der Waals surface area contributed by atoms with Gasteiger partial charge < -0.3 is 20.7 Å². The van der Waals surface area contributed by atoms with Crippen LogP contribution in [0.2, 0.25) is 0 Å². The van der Waals surface area contributed by atoms with Crippen LogP contribution in [-0.4, -0.2) is 33.1 Å². The number of anilines is 1. The molecular formula is C13H13IN4O3. The Balaban J connectivity index is 1.98. The number of carbonyl (C=O) groups is 2. The van der Waals surface area contributed by atoms with E-state index in [1.165, 1.54) is 12.5 Å². The predicted octanol–water partition coefficient (Wildman–Crippen LogP) is 1.83. The first-order valence-corrected chi connectivity index (χ1v) is 7.16. The number of rotatable bonds is 5. The molecule has 0 radical (unpaired) electrons. The topological polar surface area (TPSA) is 107 Å². The van der Waals surface area contributed by atoms with Gasteiger partial charge in [-0.2, -0.15) is 0 Å². The fourth-order valence-corrected chi connectivity index (χ4v) is 2.22. The van der Waals surface area contributed by atoms with Crippen LogP contribution in [0.3, 0.4) is 0 Å². The predicted molar refractivity (Wildman–Crippen MR) is 85.0 cm³/mol. The summed E-state index contributed by atoms with van der Waals surface area (Å²) in [6, 6.07) is 5.62. The molecule has 1 atom stereocenters. The lowest BCUT2D eigenvalue weighted by atomic mass is 10.2. The van der Waals surface area contributed by atoms with Gasteiger partial charge in [-0.1, -0.05) is 12.1 Å². The number of nitrogens with one attached hydrogen (secondary N) is 3. The van der Waals surface area contributed by atoms with Crippen molar-refractivity contribution in [2.75, 3.05) is 5.32 Å². The number of para-hydroxylation sites is 1. The number of aliphatic carboxylic acids is 1. The van der Waals surface area contributed by atoms with Gasteiger partial charge in [0.15, 0.2) is 0 Å². The number of urea groups is 1. The fraction of sp³-hybridized carbons (Fsp3) is 0.154. The molecule has 2 amide bonds. The molecule has 4 N–H and O–H groups in total. The Morgan fingerprint density at radius 2 is 2.14 bits per heavy atom. The van der Waals surface area contributed by atoms with Gasteiger partial charge in [-0.15, -0.1) is 0 Å². The zero-order valence-electron chi connectivity index (χ0n) is 10.8. The Kier molecular flexibility index (Phi) is 5.14. The first-order valence-electron chi connectivity index (χ1n) is 6.08. The highest BCUT2D eigenvalue weighted by Gasteiger charge is 2.21. The minimum absolute atomic E-state index is 0.134. The van der Waals surface area contributed by atoms with Gasteiger partial charge in [0.1, 0.15) is 6.04 Å². The van der Waals surface area contributed by atoms with Gasteiger partial charge in [0.05, 0.1) is 12.0 Å². The second kappa shape index (κ2) is 7.07. The summed E-state index contributed by atoms with van der Waals surface area (Å²) in [6.45, 7) is 0. The van der Waals surface area contributed by atoms with Crippen LogP contribution >= 0.6 is 22.6 Å². The van der Waals surface area contributed by atoms with E-state index >= 15 is 0 Å². The zero-order valence-corrected chi connectivity index (χ0v) is 13.0. The third-order valence-electron chi connectivity index (χ3n) is 2.70. The number of H-pyrrole nitrogens is 1. The molecule has 0 fully saturated rings. The highest BCUT2D eigenvalue weighted by Crippen LogP contribution is 2.16. The summed E-state index contributed by atoms with van der Waals surface area (Å²) in [5.41, 5.74) is 1.26. The summed E-state index contributed by atoms with van der Waals surface area (Å²) in [5.74, 6) is -1.11. The Labute approximate surface area is 134 Å². The molecule has 1 aromatic heterocycles. The van der Waals surface area contributed by atoms with E-state index in [-0.39, 0.29) is 6.42 Å². The molecular weight excluding hydrogens is 387 g/mol. The molecule has 8 heteroatoms. The molecule has 21 heavy (non-hydrogen) atoms. The molecule has 0 spiro atoms. The quantitative estimate of drug-likeness (QED) is 0.575. The number of hydrogen-bond donors (Lipinski definition) is 4. The van der Waals surface area contributed by atoms with Crippen LogP contribution < -0.4 is 10.6 Å². The average Bonchev–Trinajstić information content (AvgIpc) is 2.93. The summed E-state index contributed by atoms with van der Waals surface area (Å²) in [4.78, 5) is 29.7. The van der Waals surface area contributed by atoms with Crippen molar-refractivity contribution in [2.45, 2.75) is 12.5 Å². The van der Waals surface area contributed by atoms with E-state index in [9.17, 15) is 9.59 Å². The van der Waals surface area contributed by atoms with Gasteiger partial charge in [-0.3, -0.25) is 0 Å². The number of carbonyl (C=O) groups excluding carboxylic acids is 1. The molecule has 1 aromatic carbocycles. The van der Waals surface area contributed by atoms with E-state index in [0.717, 1.165) is 3.57 Å². The van der Waals surface area contributed by atoms with E-state index < -0.39 is 18.0 Å².